The van der Waals surface area contributed by atoms with Gasteiger partial charge in [-0.05, 0) is 47.1 Å². The molecule has 0 saturated heterocycles. The molecule has 0 radical (unpaired) electrons. The van der Waals surface area contributed by atoms with Gasteiger partial charge in [-0.15, -0.1) is 10.2 Å². The number of aryl methyl sites for hydroxylation is 1. The lowest BCUT2D eigenvalue weighted by atomic mass is 9.98. The van der Waals surface area contributed by atoms with Crippen molar-refractivity contribution in [2.45, 2.75) is 65.1 Å². The zero-order valence-corrected chi connectivity index (χ0v) is 24.1. The summed E-state index contributed by atoms with van der Waals surface area (Å²) in [5, 5.41) is 14.5. The highest BCUT2D eigenvalue weighted by molar-refractivity contribution is 5.80. The van der Waals surface area contributed by atoms with Crippen LogP contribution < -0.4 is 11.2 Å². The van der Waals surface area contributed by atoms with Crippen LogP contribution in [0.25, 0.3) is 33.7 Å². The lowest BCUT2D eigenvalue weighted by Crippen LogP contribution is -2.41. The van der Waals surface area contributed by atoms with Crippen LogP contribution in [0.2, 0.25) is 0 Å². The Balaban J connectivity index is 1.42. The van der Waals surface area contributed by atoms with Gasteiger partial charge in [-0.25, -0.2) is 9.78 Å². The molecule has 0 unspecified atom stereocenters. The molecular formula is C31H36N8O3. The summed E-state index contributed by atoms with van der Waals surface area (Å²) in [6.45, 7) is 3.73. The van der Waals surface area contributed by atoms with E-state index in [1.54, 1.807) is 11.7 Å². The van der Waals surface area contributed by atoms with Gasteiger partial charge < -0.3 is 9.30 Å². The highest BCUT2D eigenvalue weighted by Crippen LogP contribution is 2.32. The van der Waals surface area contributed by atoms with Crippen molar-refractivity contribution in [1.82, 2.24) is 39.3 Å². The number of unbranched alkanes of at least 4 members (excludes halogenated alkanes) is 2. The molecule has 11 heteroatoms. The largest absolute Gasteiger partial charge is 0.383 e. The Kier molecular flexibility index (Phi) is 8.09. The number of benzene rings is 2. The zero-order valence-electron chi connectivity index (χ0n) is 24.1. The van der Waals surface area contributed by atoms with E-state index in [1.807, 2.05) is 28.8 Å². The van der Waals surface area contributed by atoms with E-state index < -0.39 is 0 Å². The summed E-state index contributed by atoms with van der Waals surface area (Å²) in [7, 11) is 1.58. The number of nitrogens with zero attached hydrogens (tertiary/aromatic N) is 7. The number of aromatic nitrogens is 8. The number of aromatic amines is 1. The van der Waals surface area contributed by atoms with Crippen LogP contribution in [0, 0.1) is 5.92 Å². The Morgan fingerprint density at radius 2 is 1.76 bits per heavy atom. The van der Waals surface area contributed by atoms with Gasteiger partial charge in [0.05, 0.1) is 13.2 Å². The molecule has 42 heavy (non-hydrogen) atoms. The predicted molar refractivity (Wildman–Crippen MR) is 160 cm³/mol. The summed E-state index contributed by atoms with van der Waals surface area (Å²) in [6, 6.07) is 16.3. The Labute approximate surface area is 243 Å². The molecule has 1 N–H and O–H groups in total. The number of hydrogen-bond donors (Lipinski definition) is 1. The normalized spacial score (nSPS) is 13.3. The number of ether oxygens (including phenoxy) is 1. The second-order valence-electron chi connectivity index (χ2n) is 11.0. The van der Waals surface area contributed by atoms with Crippen LogP contribution in [0.3, 0.4) is 0 Å². The van der Waals surface area contributed by atoms with Crippen molar-refractivity contribution >= 4 is 11.2 Å². The fourth-order valence-corrected chi connectivity index (χ4v) is 5.51. The molecule has 218 valence electrons. The van der Waals surface area contributed by atoms with Gasteiger partial charge in [-0.1, -0.05) is 68.3 Å². The first-order chi connectivity index (χ1) is 20.6. The number of H-pyrrole nitrogens is 1. The molecule has 1 saturated carbocycles. The number of nitrogens with one attached hydrogen (secondary N) is 1. The highest BCUT2D eigenvalue weighted by Gasteiger charge is 2.27. The molecule has 11 nitrogen and oxygen atoms in total. The topological polar surface area (TPSA) is 126 Å². The number of tetrazole rings is 1. The fraction of sp³-hybridized carbons (Fsp3) is 0.419. The molecule has 0 aliphatic heterocycles. The van der Waals surface area contributed by atoms with Crippen LogP contribution in [0.15, 0.2) is 58.1 Å². The quantitative estimate of drug-likeness (QED) is 0.213. The summed E-state index contributed by atoms with van der Waals surface area (Å²) in [4.78, 5) is 32.3. The second-order valence-corrected chi connectivity index (χ2v) is 11.0. The van der Waals surface area contributed by atoms with Crippen molar-refractivity contribution in [1.29, 1.82) is 0 Å². The summed E-state index contributed by atoms with van der Waals surface area (Å²) in [5.74, 6) is 1.84. The minimum atomic E-state index is -0.306. The average molecular weight is 569 g/mol. The minimum Gasteiger partial charge on any atom is -0.383 e. The van der Waals surface area contributed by atoms with Gasteiger partial charge in [0.15, 0.2) is 11.2 Å². The maximum Gasteiger partial charge on any atom is 0.332 e. The van der Waals surface area contributed by atoms with Gasteiger partial charge in [-0.2, -0.15) is 5.21 Å². The van der Waals surface area contributed by atoms with Crippen molar-refractivity contribution in [3.8, 4) is 22.5 Å². The summed E-state index contributed by atoms with van der Waals surface area (Å²) in [6.07, 6.45) is 6.06. The number of methoxy groups -OCH3 is 1. The minimum absolute atomic E-state index is 0.208. The lowest BCUT2D eigenvalue weighted by Gasteiger charge is -2.13. The van der Waals surface area contributed by atoms with Gasteiger partial charge in [-0.3, -0.25) is 13.9 Å². The van der Waals surface area contributed by atoms with Crippen molar-refractivity contribution in [3.05, 3.63) is 80.8 Å². The molecule has 0 amide bonds. The Morgan fingerprint density at radius 1 is 0.976 bits per heavy atom. The third-order valence-corrected chi connectivity index (χ3v) is 7.97. The van der Waals surface area contributed by atoms with Crippen LogP contribution in [0.4, 0.5) is 0 Å². The number of hydrogen-bond acceptors (Lipinski definition) is 7. The lowest BCUT2D eigenvalue weighted by molar-refractivity contribution is 0.184. The molecule has 0 bridgehead atoms. The van der Waals surface area contributed by atoms with E-state index in [1.165, 1.54) is 4.57 Å². The molecular weight excluding hydrogens is 532 g/mol. The van der Waals surface area contributed by atoms with E-state index in [0.717, 1.165) is 66.6 Å². The van der Waals surface area contributed by atoms with Crippen LogP contribution in [-0.2, 0) is 30.8 Å². The Bertz CT molecular complexity index is 1780. The Morgan fingerprint density at radius 3 is 2.45 bits per heavy atom. The summed E-state index contributed by atoms with van der Waals surface area (Å²) >= 11 is 0. The first-order valence-corrected chi connectivity index (χ1v) is 14.7. The Hall–Kier alpha value is -4.38. The van der Waals surface area contributed by atoms with Gasteiger partial charge in [0, 0.05) is 32.2 Å². The van der Waals surface area contributed by atoms with E-state index in [2.05, 4.69) is 51.8 Å². The number of rotatable bonds is 13. The van der Waals surface area contributed by atoms with Gasteiger partial charge >= 0.3 is 5.69 Å². The average Bonchev–Trinajstić information content (AvgIpc) is 3.52. The van der Waals surface area contributed by atoms with Crippen LogP contribution in [0.1, 0.15) is 50.4 Å². The van der Waals surface area contributed by atoms with Gasteiger partial charge in [0.2, 0.25) is 5.82 Å². The molecule has 6 rings (SSSR count). The molecule has 0 spiro atoms. The monoisotopic (exact) mass is 568 g/mol. The van der Waals surface area contributed by atoms with Crippen molar-refractivity contribution in [2.75, 3.05) is 13.7 Å². The maximum atomic E-state index is 13.9. The smallest absolute Gasteiger partial charge is 0.332 e. The van der Waals surface area contributed by atoms with E-state index in [0.29, 0.717) is 36.0 Å². The van der Waals surface area contributed by atoms with Crippen molar-refractivity contribution in [3.63, 3.8) is 0 Å². The maximum absolute atomic E-state index is 13.9. The number of fused-ring (bicyclic) bond motifs is 1. The molecule has 1 aliphatic rings. The fourth-order valence-electron chi connectivity index (χ4n) is 5.51. The van der Waals surface area contributed by atoms with Crippen LogP contribution in [0.5, 0.6) is 0 Å². The third kappa shape index (κ3) is 5.56. The first kappa shape index (κ1) is 27.8. The van der Waals surface area contributed by atoms with E-state index in [4.69, 9.17) is 9.72 Å². The van der Waals surface area contributed by atoms with Crippen molar-refractivity contribution < 1.29 is 4.74 Å². The zero-order chi connectivity index (χ0) is 29.1. The van der Waals surface area contributed by atoms with Gasteiger partial charge in [0.1, 0.15) is 5.82 Å². The molecule has 3 heterocycles. The molecule has 5 aromatic rings. The third-order valence-electron chi connectivity index (χ3n) is 7.97. The summed E-state index contributed by atoms with van der Waals surface area (Å²) < 4.78 is 10.3. The molecule has 1 fully saturated rings. The first-order valence-electron chi connectivity index (χ1n) is 14.7. The standard InChI is InChI=1S/C31H36N8O3/c1-3-4-5-10-26-32-29-27(30(40)37(17-18-42-2)31(41)39(29)20-21-11-12-21)38(26)19-22-13-15-23(16-14-22)24-8-6-7-9-25(24)28-33-35-36-34-28/h6-9,13-16,21H,3-5,10-12,17-20H2,1-2H3,(H,33,34,35,36). The second kappa shape index (κ2) is 12.2. The van der Waals surface area contributed by atoms with E-state index in [9.17, 15) is 9.59 Å². The van der Waals surface area contributed by atoms with Crippen LogP contribution >= 0.6 is 0 Å². The van der Waals surface area contributed by atoms with Crippen LogP contribution in [-0.4, -0.2) is 53.0 Å². The summed E-state index contributed by atoms with van der Waals surface area (Å²) in [5.41, 5.74) is 4.34. The van der Waals surface area contributed by atoms with E-state index in [-0.39, 0.29) is 24.4 Å². The molecule has 0 atom stereocenters. The predicted octanol–water partition coefficient (Wildman–Crippen LogP) is 4.04. The molecule has 1 aliphatic carbocycles. The molecule has 3 aromatic heterocycles. The SMILES string of the molecule is CCCCCc1nc2c(c(=O)n(CCOC)c(=O)n2CC2CC2)n1Cc1ccc(-c2ccccc2-c2nn[nH]n2)cc1. The highest BCUT2D eigenvalue weighted by atomic mass is 16.5. The van der Waals surface area contributed by atoms with Gasteiger partial charge in [0.25, 0.3) is 5.56 Å². The molecule has 2 aromatic carbocycles. The van der Waals surface area contributed by atoms with Crippen molar-refractivity contribution in [2.24, 2.45) is 5.92 Å². The van der Waals surface area contributed by atoms with E-state index >= 15 is 0 Å². The number of imidazole rings is 1.